The Balaban J connectivity index is 1.84. The predicted octanol–water partition coefficient (Wildman–Crippen LogP) is 3.66. The van der Waals surface area contributed by atoms with Gasteiger partial charge in [-0.25, -0.2) is 0 Å². The van der Waals surface area contributed by atoms with Crippen LogP contribution in [0, 0.1) is 0 Å². The highest BCUT2D eigenvalue weighted by Crippen LogP contribution is 2.32. The highest BCUT2D eigenvalue weighted by Gasteiger charge is 2.21. The van der Waals surface area contributed by atoms with Gasteiger partial charge in [0.05, 0.1) is 0 Å². The van der Waals surface area contributed by atoms with Crippen LogP contribution in [-0.4, -0.2) is 15.9 Å². The zero-order valence-electron chi connectivity index (χ0n) is 12.6. The van der Waals surface area contributed by atoms with Gasteiger partial charge in [-0.15, -0.1) is 0 Å². The molecule has 4 rings (SSSR count). The molecule has 6 heteroatoms. The minimum Gasteiger partial charge on any atom is -0.432 e. The second-order valence-corrected chi connectivity index (χ2v) is 5.31. The highest BCUT2D eigenvalue weighted by atomic mass is 16.4. The molecule has 1 amide bonds. The van der Waals surface area contributed by atoms with Gasteiger partial charge in [-0.05, 0) is 18.2 Å². The third-order valence-corrected chi connectivity index (χ3v) is 3.74. The number of oxazole rings is 1. The van der Waals surface area contributed by atoms with Crippen LogP contribution in [0.1, 0.15) is 10.5 Å². The maximum Gasteiger partial charge on any atom is 0.292 e. The van der Waals surface area contributed by atoms with Crippen molar-refractivity contribution in [3.8, 4) is 11.3 Å². The summed E-state index contributed by atoms with van der Waals surface area (Å²) < 4.78 is 5.11. The van der Waals surface area contributed by atoms with E-state index in [1.165, 1.54) is 6.26 Å². The Morgan fingerprint density at radius 3 is 2.58 bits per heavy atom. The number of amides is 1. The van der Waals surface area contributed by atoms with Crippen molar-refractivity contribution in [2.75, 3.05) is 11.1 Å². The molecule has 0 fully saturated rings. The number of aromatic amines is 1. The van der Waals surface area contributed by atoms with Crippen molar-refractivity contribution in [2.24, 2.45) is 0 Å². The molecule has 4 N–H and O–H groups in total. The predicted molar refractivity (Wildman–Crippen MR) is 92.6 cm³/mol. The number of H-pyrrole nitrogens is 1. The number of nitrogens with two attached hydrogens (primary N) is 1. The standard InChI is InChI=1S/C18H14N4O2/c19-18-22-14(10-24-18)15-12-8-4-5-9-13(12)21-16(15)17(23)20-11-6-2-1-3-7-11/h1-10,21H,(H2,19,22)(H,20,23). The van der Waals surface area contributed by atoms with E-state index in [1.807, 2.05) is 54.6 Å². The number of nitrogen functional groups attached to an aromatic ring is 1. The molecule has 0 saturated heterocycles. The lowest BCUT2D eigenvalue weighted by molar-refractivity contribution is 0.102. The van der Waals surface area contributed by atoms with E-state index in [9.17, 15) is 4.79 Å². The van der Waals surface area contributed by atoms with Gasteiger partial charge in [-0.1, -0.05) is 36.4 Å². The second kappa shape index (κ2) is 5.58. The summed E-state index contributed by atoms with van der Waals surface area (Å²) in [5.74, 6) is -0.256. The molecule has 2 aromatic carbocycles. The van der Waals surface area contributed by atoms with Crippen LogP contribution >= 0.6 is 0 Å². The van der Waals surface area contributed by atoms with Crippen LogP contribution < -0.4 is 11.1 Å². The Kier molecular flexibility index (Phi) is 3.28. The van der Waals surface area contributed by atoms with Gasteiger partial charge < -0.3 is 20.5 Å². The normalized spacial score (nSPS) is 10.8. The molecule has 0 radical (unpaired) electrons. The summed E-state index contributed by atoms with van der Waals surface area (Å²) in [4.78, 5) is 20.1. The first kappa shape index (κ1) is 14.1. The number of carbonyl (C=O) groups is 1. The van der Waals surface area contributed by atoms with Gasteiger partial charge in [0.15, 0.2) is 0 Å². The minimum absolute atomic E-state index is 0.0599. The fourth-order valence-corrected chi connectivity index (χ4v) is 2.70. The van der Waals surface area contributed by atoms with Crippen LogP contribution in [-0.2, 0) is 0 Å². The number of benzene rings is 2. The molecule has 0 saturated carbocycles. The van der Waals surface area contributed by atoms with Crippen LogP contribution in [0.3, 0.4) is 0 Å². The van der Waals surface area contributed by atoms with E-state index in [1.54, 1.807) is 0 Å². The number of carbonyl (C=O) groups excluding carboxylic acids is 1. The molecule has 0 bridgehead atoms. The Hall–Kier alpha value is -3.54. The number of nitrogens with one attached hydrogen (secondary N) is 2. The first-order chi connectivity index (χ1) is 11.7. The van der Waals surface area contributed by atoms with E-state index in [0.29, 0.717) is 22.6 Å². The van der Waals surface area contributed by atoms with Gasteiger partial charge in [0, 0.05) is 22.2 Å². The SMILES string of the molecule is Nc1nc(-c2c(C(=O)Nc3ccccc3)[nH]c3ccccc23)co1. The summed E-state index contributed by atoms with van der Waals surface area (Å²) >= 11 is 0. The molecule has 4 aromatic rings. The molecule has 0 aliphatic rings. The van der Waals surface area contributed by atoms with E-state index in [0.717, 1.165) is 10.9 Å². The molecule has 24 heavy (non-hydrogen) atoms. The highest BCUT2D eigenvalue weighted by molar-refractivity contribution is 6.13. The van der Waals surface area contributed by atoms with Crippen LogP contribution in [0.25, 0.3) is 22.2 Å². The third-order valence-electron chi connectivity index (χ3n) is 3.74. The van der Waals surface area contributed by atoms with Crippen LogP contribution in [0.2, 0.25) is 0 Å². The zero-order chi connectivity index (χ0) is 16.5. The van der Waals surface area contributed by atoms with Crippen molar-refractivity contribution < 1.29 is 9.21 Å². The summed E-state index contributed by atoms with van der Waals surface area (Å²) in [6.07, 6.45) is 1.45. The van der Waals surface area contributed by atoms with Crippen molar-refractivity contribution in [3.05, 3.63) is 66.6 Å². The minimum atomic E-state index is -0.256. The maximum atomic E-state index is 12.8. The Morgan fingerprint density at radius 1 is 1.08 bits per heavy atom. The topological polar surface area (TPSA) is 96.9 Å². The van der Waals surface area contributed by atoms with E-state index in [2.05, 4.69) is 15.3 Å². The molecule has 0 unspecified atom stereocenters. The number of fused-ring (bicyclic) bond motifs is 1. The van der Waals surface area contributed by atoms with Gasteiger partial charge in [-0.3, -0.25) is 4.79 Å². The van der Waals surface area contributed by atoms with Crippen molar-refractivity contribution in [1.29, 1.82) is 0 Å². The molecular formula is C18H14N4O2. The van der Waals surface area contributed by atoms with Crippen molar-refractivity contribution in [3.63, 3.8) is 0 Å². The number of nitrogens with zero attached hydrogens (tertiary/aromatic N) is 1. The summed E-state index contributed by atoms with van der Waals surface area (Å²) in [6, 6.07) is 17.0. The molecule has 0 aliphatic heterocycles. The quantitative estimate of drug-likeness (QED) is 0.537. The average Bonchev–Trinajstić information content (AvgIpc) is 3.19. The summed E-state index contributed by atoms with van der Waals surface area (Å²) in [7, 11) is 0. The van der Waals surface area contributed by atoms with Gasteiger partial charge in [0.2, 0.25) is 0 Å². The van der Waals surface area contributed by atoms with Crippen LogP contribution in [0.4, 0.5) is 11.7 Å². The van der Waals surface area contributed by atoms with Crippen molar-refractivity contribution in [1.82, 2.24) is 9.97 Å². The summed E-state index contributed by atoms with van der Waals surface area (Å²) in [6.45, 7) is 0. The van der Waals surface area contributed by atoms with Gasteiger partial charge in [-0.2, -0.15) is 4.98 Å². The number of hydrogen-bond donors (Lipinski definition) is 3. The molecule has 0 spiro atoms. The number of hydrogen-bond acceptors (Lipinski definition) is 4. The average molecular weight is 318 g/mol. The molecule has 0 atom stereocenters. The summed E-state index contributed by atoms with van der Waals surface area (Å²) in [5, 5.41) is 3.76. The second-order valence-electron chi connectivity index (χ2n) is 5.31. The first-order valence-electron chi connectivity index (χ1n) is 7.41. The van der Waals surface area contributed by atoms with E-state index in [4.69, 9.17) is 10.2 Å². The Labute approximate surface area is 137 Å². The number of rotatable bonds is 3. The lowest BCUT2D eigenvalue weighted by Crippen LogP contribution is -2.13. The molecule has 6 nitrogen and oxygen atoms in total. The zero-order valence-corrected chi connectivity index (χ0v) is 12.6. The monoisotopic (exact) mass is 318 g/mol. The number of aromatic nitrogens is 2. The number of para-hydroxylation sites is 2. The first-order valence-corrected chi connectivity index (χ1v) is 7.41. The van der Waals surface area contributed by atoms with Crippen LogP contribution in [0.5, 0.6) is 0 Å². The van der Waals surface area contributed by atoms with Gasteiger partial charge in [0.1, 0.15) is 17.7 Å². The van der Waals surface area contributed by atoms with Crippen molar-refractivity contribution >= 4 is 28.5 Å². The van der Waals surface area contributed by atoms with Crippen molar-refractivity contribution in [2.45, 2.75) is 0 Å². The Bertz CT molecular complexity index is 1020. The smallest absolute Gasteiger partial charge is 0.292 e. The molecule has 0 aliphatic carbocycles. The van der Waals surface area contributed by atoms with Crippen LogP contribution in [0.15, 0.2) is 65.3 Å². The van der Waals surface area contributed by atoms with E-state index in [-0.39, 0.29) is 11.9 Å². The fourth-order valence-electron chi connectivity index (χ4n) is 2.70. The maximum absolute atomic E-state index is 12.8. The van der Waals surface area contributed by atoms with E-state index < -0.39 is 0 Å². The van der Waals surface area contributed by atoms with E-state index >= 15 is 0 Å². The third kappa shape index (κ3) is 2.40. The van der Waals surface area contributed by atoms with Gasteiger partial charge >= 0.3 is 0 Å². The summed E-state index contributed by atoms with van der Waals surface area (Å²) in [5.41, 5.74) is 8.74. The molecule has 2 aromatic heterocycles. The molecular weight excluding hydrogens is 304 g/mol. The lowest BCUT2D eigenvalue weighted by atomic mass is 10.1. The van der Waals surface area contributed by atoms with Gasteiger partial charge in [0.25, 0.3) is 11.9 Å². The number of anilines is 2. The lowest BCUT2D eigenvalue weighted by Gasteiger charge is -2.05. The fraction of sp³-hybridized carbons (Fsp3) is 0. The molecule has 118 valence electrons. The largest absolute Gasteiger partial charge is 0.432 e. The Morgan fingerprint density at radius 2 is 1.83 bits per heavy atom. The molecule has 2 heterocycles.